The van der Waals surface area contributed by atoms with Gasteiger partial charge < -0.3 is 0 Å². The molecule has 0 aliphatic rings. The summed E-state index contributed by atoms with van der Waals surface area (Å²) in [5.74, 6) is 0. The van der Waals surface area contributed by atoms with Crippen LogP contribution in [0.3, 0.4) is 0 Å². The van der Waals surface area contributed by atoms with Gasteiger partial charge >= 0.3 is 0 Å². The SMILES string of the molecule is CSc1ccsc1C=O.O=Cc1sccc1Br. The summed E-state index contributed by atoms with van der Waals surface area (Å²) in [7, 11) is 0. The van der Waals surface area contributed by atoms with Gasteiger partial charge in [-0.2, -0.15) is 0 Å². The minimum Gasteiger partial charge on any atom is -0.297 e. The third kappa shape index (κ3) is 4.39. The first kappa shape index (κ1) is 14.6. The minimum atomic E-state index is 0.755. The van der Waals surface area contributed by atoms with Crippen LogP contribution in [0.2, 0.25) is 0 Å². The van der Waals surface area contributed by atoms with E-state index in [-0.39, 0.29) is 0 Å². The van der Waals surface area contributed by atoms with Crippen molar-refractivity contribution in [3.05, 3.63) is 37.1 Å². The van der Waals surface area contributed by atoms with Crippen molar-refractivity contribution >= 4 is 62.9 Å². The van der Waals surface area contributed by atoms with Crippen molar-refractivity contribution in [1.82, 2.24) is 0 Å². The van der Waals surface area contributed by atoms with Crippen molar-refractivity contribution in [2.45, 2.75) is 4.90 Å². The molecular weight excluding hydrogens is 340 g/mol. The number of carbonyl (C=O) groups excluding carboxylic acids is 2. The maximum atomic E-state index is 10.2. The van der Waals surface area contributed by atoms with E-state index < -0.39 is 0 Å². The second-order valence-electron chi connectivity index (χ2n) is 2.72. The molecule has 2 aromatic heterocycles. The number of carbonyl (C=O) groups is 2. The Morgan fingerprint density at radius 3 is 2.06 bits per heavy atom. The van der Waals surface area contributed by atoms with E-state index in [1.807, 2.05) is 29.1 Å². The molecule has 0 aromatic carbocycles. The van der Waals surface area contributed by atoms with Gasteiger partial charge in [0.05, 0.1) is 9.75 Å². The molecule has 6 heteroatoms. The highest BCUT2D eigenvalue weighted by Gasteiger charge is 1.98. The third-order valence-corrected chi connectivity index (χ3v) is 5.30. The predicted molar refractivity (Wildman–Crippen MR) is 78.9 cm³/mol. The van der Waals surface area contributed by atoms with E-state index in [1.54, 1.807) is 11.8 Å². The standard InChI is InChI=1S/C6H6OS2.C5H3BrOS/c1-8-5-2-3-9-6(5)4-7;6-4-1-2-8-5(4)3-7/h2-4H,1H3;1-3H. The molecule has 2 heterocycles. The number of halogens is 1. The highest BCUT2D eigenvalue weighted by Crippen LogP contribution is 2.23. The molecule has 2 nitrogen and oxygen atoms in total. The molecular formula is C11H9BrO2S3. The van der Waals surface area contributed by atoms with Crippen molar-refractivity contribution in [1.29, 1.82) is 0 Å². The fourth-order valence-corrected chi connectivity index (χ4v) is 3.75. The predicted octanol–water partition coefficient (Wildman–Crippen LogP) is 4.61. The third-order valence-electron chi connectivity index (χ3n) is 1.74. The fourth-order valence-electron chi connectivity index (χ4n) is 0.953. The molecule has 0 atom stereocenters. The van der Waals surface area contributed by atoms with Crippen LogP contribution in [0.25, 0.3) is 0 Å². The minimum absolute atomic E-state index is 0.755. The summed E-state index contributed by atoms with van der Waals surface area (Å²) in [5, 5.41) is 3.80. The van der Waals surface area contributed by atoms with Crippen LogP contribution < -0.4 is 0 Å². The van der Waals surface area contributed by atoms with Gasteiger partial charge in [0.25, 0.3) is 0 Å². The maximum Gasteiger partial charge on any atom is 0.161 e. The van der Waals surface area contributed by atoms with E-state index in [0.717, 1.165) is 31.7 Å². The van der Waals surface area contributed by atoms with E-state index in [9.17, 15) is 9.59 Å². The second kappa shape index (κ2) is 7.81. The highest BCUT2D eigenvalue weighted by atomic mass is 79.9. The summed E-state index contributed by atoms with van der Waals surface area (Å²) in [5.41, 5.74) is 0. The molecule has 0 amide bonds. The Bertz CT molecular complexity index is 490. The fraction of sp³-hybridized carbons (Fsp3) is 0.0909. The summed E-state index contributed by atoms with van der Waals surface area (Å²) >= 11 is 7.73. The number of thioether (sulfide) groups is 1. The van der Waals surface area contributed by atoms with Crippen molar-refractivity contribution in [2.75, 3.05) is 6.26 Å². The summed E-state index contributed by atoms with van der Waals surface area (Å²) in [4.78, 5) is 23.0. The van der Waals surface area contributed by atoms with Crippen molar-refractivity contribution in [3.63, 3.8) is 0 Å². The molecule has 0 spiro atoms. The first-order valence-electron chi connectivity index (χ1n) is 4.47. The monoisotopic (exact) mass is 348 g/mol. The van der Waals surface area contributed by atoms with Crippen LogP contribution in [-0.2, 0) is 0 Å². The molecule has 0 saturated carbocycles. The Labute approximate surface area is 120 Å². The van der Waals surface area contributed by atoms with Crippen LogP contribution in [0, 0.1) is 0 Å². The van der Waals surface area contributed by atoms with Crippen LogP contribution in [0.4, 0.5) is 0 Å². The zero-order chi connectivity index (χ0) is 12.7. The van der Waals surface area contributed by atoms with Gasteiger partial charge in [-0.1, -0.05) is 0 Å². The van der Waals surface area contributed by atoms with Crippen LogP contribution >= 0.6 is 50.4 Å². The lowest BCUT2D eigenvalue weighted by molar-refractivity contribution is 0.111. The average molecular weight is 349 g/mol. The number of thiophene rings is 2. The molecule has 0 bridgehead atoms. The molecule has 0 aliphatic carbocycles. The molecule has 0 N–H and O–H groups in total. The van der Waals surface area contributed by atoms with Gasteiger partial charge in [-0.15, -0.1) is 34.4 Å². The van der Waals surface area contributed by atoms with E-state index in [4.69, 9.17) is 0 Å². The number of hydrogen-bond acceptors (Lipinski definition) is 5. The van der Waals surface area contributed by atoms with Crippen LogP contribution in [-0.4, -0.2) is 18.8 Å². The van der Waals surface area contributed by atoms with Gasteiger partial charge in [0, 0.05) is 9.37 Å². The number of hydrogen-bond donors (Lipinski definition) is 0. The van der Waals surface area contributed by atoms with Crippen molar-refractivity contribution in [3.8, 4) is 0 Å². The average Bonchev–Trinajstić information content (AvgIpc) is 2.97. The quantitative estimate of drug-likeness (QED) is 0.600. The number of aldehydes is 2. The zero-order valence-corrected chi connectivity index (χ0v) is 12.9. The summed E-state index contributed by atoms with van der Waals surface area (Å²) in [6.45, 7) is 0. The Morgan fingerprint density at radius 2 is 1.71 bits per heavy atom. The molecule has 2 aromatic rings. The zero-order valence-electron chi connectivity index (χ0n) is 8.88. The van der Waals surface area contributed by atoms with E-state index >= 15 is 0 Å². The molecule has 0 saturated heterocycles. The van der Waals surface area contributed by atoms with Gasteiger partial charge in [-0.3, -0.25) is 9.59 Å². The first-order chi connectivity index (χ1) is 8.22. The van der Waals surface area contributed by atoms with Gasteiger partial charge in [0.1, 0.15) is 0 Å². The lowest BCUT2D eigenvalue weighted by atomic mass is 10.5. The molecule has 90 valence electrons. The van der Waals surface area contributed by atoms with Crippen LogP contribution in [0.15, 0.2) is 32.3 Å². The molecule has 0 fully saturated rings. The Morgan fingerprint density at radius 1 is 1.12 bits per heavy atom. The Hall–Kier alpha value is -0.430. The van der Waals surface area contributed by atoms with Crippen molar-refractivity contribution in [2.24, 2.45) is 0 Å². The van der Waals surface area contributed by atoms with E-state index in [0.29, 0.717) is 0 Å². The molecule has 0 unspecified atom stereocenters. The maximum absolute atomic E-state index is 10.2. The lowest BCUT2D eigenvalue weighted by Gasteiger charge is -1.86. The van der Waals surface area contributed by atoms with Crippen molar-refractivity contribution < 1.29 is 9.59 Å². The van der Waals surface area contributed by atoms with Crippen LogP contribution in [0.5, 0.6) is 0 Å². The summed E-state index contributed by atoms with van der Waals surface area (Å²) < 4.78 is 0.887. The molecule has 2 rings (SSSR count). The Kier molecular flexibility index (Phi) is 6.72. The summed E-state index contributed by atoms with van der Waals surface area (Å²) in [6.07, 6.45) is 3.71. The van der Waals surface area contributed by atoms with E-state index in [1.165, 1.54) is 22.7 Å². The van der Waals surface area contributed by atoms with Gasteiger partial charge in [-0.25, -0.2) is 0 Å². The van der Waals surface area contributed by atoms with E-state index in [2.05, 4.69) is 15.9 Å². The van der Waals surface area contributed by atoms with Gasteiger partial charge in [0.2, 0.25) is 0 Å². The highest BCUT2D eigenvalue weighted by molar-refractivity contribution is 9.10. The normalized spacial score (nSPS) is 9.29. The van der Waals surface area contributed by atoms with Crippen LogP contribution in [0.1, 0.15) is 19.3 Å². The van der Waals surface area contributed by atoms with Gasteiger partial charge in [-0.05, 0) is 45.1 Å². The second-order valence-corrected chi connectivity index (χ2v) is 6.32. The topological polar surface area (TPSA) is 34.1 Å². The van der Waals surface area contributed by atoms with Gasteiger partial charge in [0.15, 0.2) is 12.6 Å². The first-order valence-corrected chi connectivity index (χ1v) is 8.25. The number of rotatable bonds is 3. The smallest absolute Gasteiger partial charge is 0.161 e. The Balaban J connectivity index is 0.000000171. The largest absolute Gasteiger partial charge is 0.297 e. The molecule has 0 aliphatic heterocycles. The molecule has 17 heavy (non-hydrogen) atoms. The summed E-state index contributed by atoms with van der Waals surface area (Å²) in [6, 6.07) is 3.81. The lowest BCUT2D eigenvalue weighted by Crippen LogP contribution is -1.71. The molecule has 0 radical (unpaired) electrons.